The third kappa shape index (κ3) is 1.80. The van der Waals surface area contributed by atoms with Crippen molar-refractivity contribution >= 4 is 11.3 Å². The lowest BCUT2D eigenvalue weighted by Crippen LogP contribution is -2.07. The molecule has 0 amide bonds. The molecule has 0 bridgehead atoms. The lowest BCUT2D eigenvalue weighted by atomic mass is 10.3. The first kappa shape index (κ1) is 9.29. The molecule has 14 heavy (non-hydrogen) atoms. The van der Waals surface area contributed by atoms with Gasteiger partial charge in [0.15, 0.2) is 0 Å². The number of rotatable bonds is 3. The zero-order valence-electron chi connectivity index (χ0n) is 7.66. The zero-order valence-corrected chi connectivity index (χ0v) is 8.48. The SMILES string of the molecule is C[C@@H](O)c1cnnn1Cc1cncs1. The Balaban J connectivity index is 2.21. The number of hydrogen-bond donors (Lipinski definition) is 1. The quantitative estimate of drug-likeness (QED) is 0.815. The number of aromatic nitrogens is 4. The van der Waals surface area contributed by atoms with Crippen LogP contribution in [0.15, 0.2) is 17.9 Å². The predicted molar refractivity (Wildman–Crippen MR) is 51.9 cm³/mol. The molecule has 0 radical (unpaired) electrons. The van der Waals surface area contributed by atoms with Gasteiger partial charge < -0.3 is 5.11 Å². The Labute approximate surface area is 85.0 Å². The Kier molecular flexibility index (Phi) is 2.55. The minimum atomic E-state index is -0.544. The molecule has 1 N–H and O–H groups in total. The van der Waals surface area contributed by atoms with Crippen LogP contribution in [0, 0.1) is 0 Å². The van der Waals surface area contributed by atoms with Crippen LogP contribution in [-0.4, -0.2) is 25.1 Å². The van der Waals surface area contributed by atoms with Gasteiger partial charge in [-0.05, 0) is 6.92 Å². The van der Waals surface area contributed by atoms with Crippen molar-refractivity contribution in [2.45, 2.75) is 19.6 Å². The van der Waals surface area contributed by atoms with Gasteiger partial charge in [0.1, 0.15) is 0 Å². The first-order valence-corrected chi connectivity index (χ1v) is 5.09. The molecule has 2 aromatic heterocycles. The second kappa shape index (κ2) is 3.85. The van der Waals surface area contributed by atoms with E-state index in [9.17, 15) is 5.11 Å². The van der Waals surface area contributed by atoms with E-state index < -0.39 is 6.10 Å². The molecule has 0 fully saturated rings. The summed E-state index contributed by atoms with van der Waals surface area (Å²) in [5.74, 6) is 0. The summed E-state index contributed by atoms with van der Waals surface area (Å²) in [6.07, 6.45) is 2.82. The molecule has 1 atom stereocenters. The molecule has 6 heteroatoms. The van der Waals surface area contributed by atoms with Gasteiger partial charge in [0, 0.05) is 11.1 Å². The van der Waals surface area contributed by atoms with E-state index in [1.165, 1.54) is 0 Å². The van der Waals surface area contributed by atoms with E-state index in [2.05, 4.69) is 15.3 Å². The largest absolute Gasteiger partial charge is 0.387 e. The summed E-state index contributed by atoms with van der Waals surface area (Å²) in [5.41, 5.74) is 2.49. The molecule has 0 aliphatic carbocycles. The van der Waals surface area contributed by atoms with Crippen molar-refractivity contribution in [2.75, 3.05) is 0 Å². The van der Waals surface area contributed by atoms with Crippen LogP contribution in [0.4, 0.5) is 0 Å². The van der Waals surface area contributed by atoms with Crippen LogP contribution in [0.25, 0.3) is 0 Å². The third-order valence-electron chi connectivity index (χ3n) is 1.86. The summed E-state index contributed by atoms with van der Waals surface area (Å²) in [6, 6.07) is 0. The number of thiazole rings is 1. The van der Waals surface area contributed by atoms with Gasteiger partial charge >= 0.3 is 0 Å². The summed E-state index contributed by atoms with van der Waals surface area (Å²) in [6.45, 7) is 2.31. The molecule has 0 aliphatic rings. The zero-order chi connectivity index (χ0) is 9.97. The minimum absolute atomic E-state index is 0.544. The molecule has 2 heterocycles. The maximum absolute atomic E-state index is 9.41. The first-order chi connectivity index (χ1) is 6.77. The second-order valence-corrected chi connectivity index (χ2v) is 3.93. The van der Waals surface area contributed by atoms with E-state index in [1.54, 1.807) is 40.8 Å². The molecule has 0 saturated carbocycles. The van der Waals surface area contributed by atoms with Crippen LogP contribution in [-0.2, 0) is 6.54 Å². The highest BCUT2D eigenvalue weighted by molar-refractivity contribution is 7.09. The van der Waals surface area contributed by atoms with Gasteiger partial charge in [-0.3, -0.25) is 4.98 Å². The lowest BCUT2D eigenvalue weighted by molar-refractivity contribution is 0.188. The molecular weight excluding hydrogens is 200 g/mol. The van der Waals surface area contributed by atoms with Crippen molar-refractivity contribution in [2.24, 2.45) is 0 Å². The van der Waals surface area contributed by atoms with Crippen LogP contribution in [0.2, 0.25) is 0 Å². The van der Waals surface area contributed by atoms with Crippen molar-refractivity contribution in [1.82, 2.24) is 20.0 Å². The maximum Gasteiger partial charge on any atom is 0.0945 e. The maximum atomic E-state index is 9.41. The number of aliphatic hydroxyl groups excluding tert-OH is 1. The van der Waals surface area contributed by atoms with Gasteiger partial charge in [0.2, 0.25) is 0 Å². The van der Waals surface area contributed by atoms with Crippen LogP contribution in [0.5, 0.6) is 0 Å². The molecule has 0 saturated heterocycles. The minimum Gasteiger partial charge on any atom is -0.387 e. The highest BCUT2D eigenvalue weighted by Gasteiger charge is 2.09. The van der Waals surface area contributed by atoms with Crippen LogP contribution < -0.4 is 0 Å². The van der Waals surface area contributed by atoms with E-state index >= 15 is 0 Å². The molecule has 5 nitrogen and oxygen atoms in total. The Hall–Kier alpha value is -1.27. The van der Waals surface area contributed by atoms with Crippen molar-refractivity contribution in [3.63, 3.8) is 0 Å². The van der Waals surface area contributed by atoms with Crippen molar-refractivity contribution in [3.05, 3.63) is 28.5 Å². The van der Waals surface area contributed by atoms with Gasteiger partial charge in [-0.15, -0.1) is 16.4 Å². The molecule has 0 spiro atoms. The number of nitrogens with zero attached hydrogens (tertiary/aromatic N) is 4. The molecule has 2 rings (SSSR count). The molecule has 0 aliphatic heterocycles. The monoisotopic (exact) mass is 210 g/mol. The Bertz CT molecular complexity index is 395. The summed E-state index contributed by atoms with van der Waals surface area (Å²) < 4.78 is 1.68. The highest BCUT2D eigenvalue weighted by Crippen LogP contribution is 2.13. The van der Waals surface area contributed by atoms with E-state index in [0.717, 1.165) is 10.6 Å². The molecule has 0 unspecified atom stereocenters. The fourth-order valence-corrected chi connectivity index (χ4v) is 1.76. The van der Waals surface area contributed by atoms with E-state index in [-0.39, 0.29) is 0 Å². The molecular formula is C8H10N4OS. The summed E-state index contributed by atoms with van der Waals surface area (Å²) in [4.78, 5) is 5.07. The van der Waals surface area contributed by atoms with Crippen molar-refractivity contribution in [3.8, 4) is 0 Å². The summed E-state index contributed by atoms with van der Waals surface area (Å²) >= 11 is 1.56. The van der Waals surface area contributed by atoms with Crippen LogP contribution >= 0.6 is 11.3 Å². The molecule has 0 aromatic carbocycles. The Morgan fingerprint density at radius 2 is 2.43 bits per heavy atom. The van der Waals surface area contributed by atoms with Gasteiger partial charge in [-0.2, -0.15) is 0 Å². The van der Waals surface area contributed by atoms with Gasteiger partial charge in [0.05, 0.1) is 30.1 Å². The van der Waals surface area contributed by atoms with Crippen molar-refractivity contribution < 1.29 is 5.11 Å². The van der Waals surface area contributed by atoms with Gasteiger partial charge in [-0.1, -0.05) is 5.21 Å². The van der Waals surface area contributed by atoms with E-state index in [4.69, 9.17) is 0 Å². The lowest BCUT2D eigenvalue weighted by Gasteiger charge is -2.05. The fraction of sp³-hybridized carbons (Fsp3) is 0.375. The smallest absolute Gasteiger partial charge is 0.0945 e. The predicted octanol–water partition coefficient (Wildman–Crippen LogP) is 0.836. The molecule has 74 valence electrons. The van der Waals surface area contributed by atoms with Crippen LogP contribution in [0.3, 0.4) is 0 Å². The average Bonchev–Trinajstić information content (AvgIpc) is 2.75. The fourth-order valence-electron chi connectivity index (χ4n) is 1.18. The average molecular weight is 210 g/mol. The van der Waals surface area contributed by atoms with Gasteiger partial charge in [-0.25, -0.2) is 4.68 Å². The topological polar surface area (TPSA) is 63.8 Å². The highest BCUT2D eigenvalue weighted by atomic mass is 32.1. The Morgan fingerprint density at radius 1 is 1.57 bits per heavy atom. The summed E-state index contributed by atoms with van der Waals surface area (Å²) in [7, 11) is 0. The van der Waals surface area contributed by atoms with Crippen LogP contribution in [0.1, 0.15) is 23.6 Å². The van der Waals surface area contributed by atoms with E-state index in [1.807, 2.05) is 0 Å². The number of aliphatic hydroxyl groups is 1. The van der Waals surface area contributed by atoms with Crippen molar-refractivity contribution in [1.29, 1.82) is 0 Å². The van der Waals surface area contributed by atoms with E-state index in [0.29, 0.717) is 6.54 Å². The van der Waals surface area contributed by atoms with Gasteiger partial charge in [0.25, 0.3) is 0 Å². The standard InChI is InChI=1S/C8H10N4OS/c1-6(13)8-3-10-11-12(8)4-7-2-9-5-14-7/h2-3,5-6,13H,4H2,1H3/t6-/m1/s1. The molecule has 2 aromatic rings. The normalized spacial score (nSPS) is 13.0. The third-order valence-corrected chi connectivity index (χ3v) is 2.63. The summed E-state index contributed by atoms with van der Waals surface area (Å²) in [5, 5.41) is 17.1. The Morgan fingerprint density at radius 3 is 3.07 bits per heavy atom. The second-order valence-electron chi connectivity index (χ2n) is 2.96. The first-order valence-electron chi connectivity index (χ1n) is 4.21. The number of hydrogen-bond acceptors (Lipinski definition) is 5.